The van der Waals surface area contributed by atoms with E-state index in [2.05, 4.69) is 0 Å². The smallest absolute Gasteiger partial charge is 0.223 e. The van der Waals surface area contributed by atoms with Gasteiger partial charge in [0, 0.05) is 44.5 Å². The molecule has 8 heteroatoms. The lowest BCUT2D eigenvalue weighted by atomic mass is 10.2. The van der Waals surface area contributed by atoms with Gasteiger partial charge in [-0.3, -0.25) is 9.69 Å². The Balaban J connectivity index is 3.22. The van der Waals surface area contributed by atoms with E-state index in [4.69, 9.17) is 15.3 Å². The molecule has 1 aromatic rings. The van der Waals surface area contributed by atoms with Crippen molar-refractivity contribution in [1.29, 1.82) is 0 Å². The predicted octanol–water partition coefficient (Wildman–Crippen LogP) is -1.78. The number of aliphatic hydroxyl groups excluding tert-OH is 4. The highest BCUT2D eigenvalue weighted by Crippen LogP contribution is 2.18. The van der Waals surface area contributed by atoms with Gasteiger partial charge in [-0.15, -0.1) is 0 Å². The van der Waals surface area contributed by atoms with E-state index in [9.17, 15) is 15.0 Å². The van der Waals surface area contributed by atoms with Gasteiger partial charge in [0.2, 0.25) is 5.43 Å². The second kappa shape index (κ2) is 9.54. The first-order valence-corrected chi connectivity index (χ1v) is 7.19. The monoisotopic (exact) mass is 316 g/mol. The summed E-state index contributed by atoms with van der Waals surface area (Å²) < 4.78 is 1.59. The molecule has 1 rings (SSSR count). The van der Waals surface area contributed by atoms with Crippen molar-refractivity contribution in [1.82, 2.24) is 9.47 Å². The average Bonchev–Trinajstić information content (AvgIpc) is 2.51. The molecular formula is C14H24N2O6. The molecule has 0 amide bonds. The Labute approximate surface area is 128 Å². The minimum Gasteiger partial charge on any atom is -0.503 e. The summed E-state index contributed by atoms with van der Waals surface area (Å²) in [7, 11) is 0. The van der Waals surface area contributed by atoms with E-state index in [1.165, 1.54) is 6.07 Å². The van der Waals surface area contributed by atoms with E-state index in [0.717, 1.165) is 0 Å². The summed E-state index contributed by atoms with van der Waals surface area (Å²) in [6.07, 6.45) is 0.405. The van der Waals surface area contributed by atoms with Crippen LogP contribution in [0.4, 0.5) is 0 Å². The Morgan fingerprint density at radius 2 is 1.68 bits per heavy atom. The first kappa shape index (κ1) is 18.6. The summed E-state index contributed by atoms with van der Waals surface area (Å²) >= 11 is 0. The molecule has 22 heavy (non-hydrogen) atoms. The van der Waals surface area contributed by atoms with E-state index in [-0.39, 0.29) is 46.1 Å². The summed E-state index contributed by atoms with van der Waals surface area (Å²) in [4.78, 5) is 13.5. The average molecular weight is 316 g/mol. The van der Waals surface area contributed by atoms with Gasteiger partial charge in [-0.25, -0.2) is 0 Å². The summed E-state index contributed by atoms with van der Waals surface area (Å²) in [5, 5.41) is 46.5. The summed E-state index contributed by atoms with van der Waals surface area (Å²) in [5.41, 5.74) is 0.0540. The number of hydrogen-bond donors (Lipinski definition) is 5. The lowest BCUT2D eigenvalue weighted by molar-refractivity contribution is 0.151. The normalized spacial score (nSPS) is 11.3. The van der Waals surface area contributed by atoms with Crippen LogP contribution in [-0.4, -0.2) is 67.9 Å². The van der Waals surface area contributed by atoms with Gasteiger partial charge in [-0.2, -0.15) is 0 Å². The van der Waals surface area contributed by atoms with Gasteiger partial charge in [0.1, 0.15) is 0 Å². The van der Waals surface area contributed by atoms with Crippen molar-refractivity contribution in [3.63, 3.8) is 0 Å². The van der Waals surface area contributed by atoms with Gasteiger partial charge >= 0.3 is 0 Å². The molecule has 1 heterocycles. The highest BCUT2D eigenvalue weighted by molar-refractivity contribution is 5.30. The fourth-order valence-corrected chi connectivity index (χ4v) is 2.30. The van der Waals surface area contributed by atoms with Crippen LogP contribution in [-0.2, 0) is 19.7 Å². The van der Waals surface area contributed by atoms with Crippen LogP contribution in [0.2, 0.25) is 0 Å². The molecule has 0 saturated carbocycles. The van der Waals surface area contributed by atoms with Crippen LogP contribution in [0.15, 0.2) is 10.9 Å². The molecule has 0 aliphatic heterocycles. The molecular weight excluding hydrogens is 292 g/mol. The molecule has 0 bridgehead atoms. The Bertz CT molecular complexity index is 511. The molecule has 0 atom stereocenters. The molecule has 0 spiro atoms. The molecule has 0 radical (unpaired) electrons. The summed E-state index contributed by atoms with van der Waals surface area (Å²) in [5.74, 6) is -0.420. The second-order valence-corrected chi connectivity index (χ2v) is 4.91. The van der Waals surface area contributed by atoms with Crippen molar-refractivity contribution in [2.75, 3.05) is 32.9 Å². The van der Waals surface area contributed by atoms with E-state index in [1.807, 2.05) is 0 Å². The van der Waals surface area contributed by atoms with Gasteiger partial charge in [-0.05, 0) is 6.42 Å². The van der Waals surface area contributed by atoms with E-state index < -0.39 is 11.2 Å². The number of hydrogen-bond acceptors (Lipinski definition) is 7. The van der Waals surface area contributed by atoms with Crippen molar-refractivity contribution in [3.05, 3.63) is 27.7 Å². The zero-order chi connectivity index (χ0) is 16.5. The van der Waals surface area contributed by atoms with Crippen molar-refractivity contribution < 1.29 is 25.5 Å². The van der Waals surface area contributed by atoms with Crippen LogP contribution < -0.4 is 5.43 Å². The second-order valence-electron chi connectivity index (χ2n) is 4.91. The quantitative estimate of drug-likeness (QED) is 0.345. The maximum absolute atomic E-state index is 11.8. The molecule has 0 fully saturated rings. The van der Waals surface area contributed by atoms with Crippen LogP contribution in [0.5, 0.6) is 5.75 Å². The van der Waals surface area contributed by atoms with Crippen LogP contribution in [0.25, 0.3) is 0 Å². The van der Waals surface area contributed by atoms with Crippen molar-refractivity contribution in [3.8, 4) is 5.75 Å². The Morgan fingerprint density at radius 1 is 1.05 bits per heavy atom. The number of pyridine rings is 1. The van der Waals surface area contributed by atoms with Crippen molar-refractivity contribution in [2.24, 2.45) is 0 Å². The largest absolute Gasteiger partial charge is 0.503 e. The molecule has 0 aromatic carbocycles. The zero-order valence-corrected chi connectivity index (χ0v) is 12.5. The minimum atomic E-state index is -0.591. The zero-order valence-electron chi connectivity index (χ0n) is 12.5. The topological polar surface area (TPSA) is 126 Å². The third kappa shape index (κ3) is 4.79. The molecule has 0 saturated heterocycles. The Hall–Kier alpha value is -1.45. The van der Waals surface area contributed by atoms with Crippen molar-refractivity contribution >= 4 is 0 Å². The van der Waals surface area contributed by atoms with E-state index in [0.29, 0.717) is 24.4 Å². The van der Waals surface area contributed by atoms with Crippen LogP contribution in [0.3, 0.4) is 0 Å². The Morgan fingerprint density at radius 3 is 2.18 bits per heavy atom. The van der Waals surface area contributed by atoms with Gasteiger partial charge < -0.3 is 30.1 Å². The Kier molecular flexibility index (Phi) is 8.07. The third-order valence-corrected chi connectivity index (χ3v) is 3.38. The predicted molar refractivity (Wildman–Crippen MR) is 79.4 cm³/mol. The minimum absolute atomic E-state index is 0.0613. The third-order valence-electron chi connectivity index (χ3n) is 3.38. The maximum Gasteiger partial charge on any atom is 0.223 e. The standard InChI is InChI=1S/C14H24N2O6/c17-5-1-2-16-11(10-20)8-13(21)14(22)12(16)9-15(3-6-18)4-7-19/h8,17-20,22H,1-7,9-10H2. The van der Waals surface area contributed by atoms with E-state index in [1.54, 1.807) is 9.47 Å². The van der Waals surface area contributed by atoms with Crippen LogP contribution in [0.1, 0.15) is 17.8 Å². The van der Waals surface area contributed by atoms with Gasteiger partial charge in [0.15, 0.2) is 5.75 Å². The van der Waals surface area contributed by atoms with Gasteiger partial charge in [-0.1, -0.05) is 0 Å². The van der Waals surface area contributed by atoms with E-state index >= 15 is 0 Å². The number of rotatable bonds is 10. The fraction of sp³-hybridized carbons (Fsp3) is 0.643. The molecule has 0 unspecified atom stereocenters. The highest BCUT2D eigenvalue weighted by Gasteiger charge is 2.17. The molecule has 0 aliphatic carbocycles. The fourth-order valence-electron chi connectivity index (χ4n) is 2.30. The van der Waals surface area contributed by atoms with Crippen LogP contribution >= 0.6 is 0 Å². The van der Waals surface area contributed by atoms with Crippen LogP contribution in [0, 0.1) is 0 Å². The first-order valence-electron chi connectivity index (χ1n) is 7.19. The summed E-state index contributed by atoms with van der Waals surface area (Å²) in [6, 6.07) is 1.17. The number of aliphatic hydroxyl groups is 4. The van der Waals surface area contributed by atoms with Gasteiger partial charge in [0.25, 0.3) is 0 Å². The SMILES string of the molecule is O=c1cc(CO)n(CCCO)c(CN(CCO)CCO)c1O. The van der Waals surface area contributed by atoms with Crippen molar-refractivity contribution in [2.45, 2.75) is 26.1 Å². The number of aromatic hydroxyl groups is 1. The molecule has 126 valence electrons. The molecule has 0 aliphatic rings. The molecule has 5 N–H and O–H groups in total. The first-order chi connectivity index (χ1) is 10.6. The van der Waals surface area contributed by atoms with Gasteiger partial charge in [0.05, 0.1) is 25.5 Å². The molecule has 1 aromatic heterocycles. The summed E-state index contributed by atoms with van der Waals surface area (Å²) in [6.45, 7) is 0.350. The maximum atomic E-state index is 11.8. The lowest BCUT2D eigenvalue weighted by Gasteiger charge is -2.25. The molecule has 8 nitrogen and oxygen atoms in total. The number of aromatic nitrogens is 1. The number of nitrogens with zero attached hydrogens (tertiary/aromatic N) is 2. The lowest BCUT2D eigenvalue weighted by Crippen LogP contribution is -2.32. The highest BCUT2D eigenvalue weighted by atomic mass is 16.3.